The molecule has 0 aromatic carbocycles. The highest BCUT2D eigenvalue weighted by Crippen LogP contribution is 1.96. The number of hydrogen-bond acceptors (Lipinski definition) is 2. The zero-order valence-electron chi connectivity index (χ0n) is 8.10. The van der Waals surface area contributed by atoms with Crippen LogP contribution in [0.15, 0.2) is 0 Å². The molecule has 1 fully saturated rings. The summed E-state index contributed by atoms with van der Waals surface area (Å²) in [5.74, 6) is 0. The SMILES string of the molecule is C.CC.CCCN1CCOCC1. The summed E-state index contributed by atoms with van der Waals surface area (Å²) in [5, 5.41) is 0. The Morgan fingerprint density at radius 3 is 2.08 bits per heavy atom. The fraction of sp³-hybridized carbons (Fsp3) is 1.00. The van der Waals surface area contributed by atoms with Crippen molar-refractivity contribution in [1.29, 1.82) is 0 Å². The molecule has 1 aliphatic rings. The predicted octanol–water partition coefficient (Wildman–Crippen LogP) is 2.39. The van der Waals surface area contributed by atoms with Gasteiger partial charge in [-0.3, -0.25) is 4.90 Å². The third-order valence-corrected chi connectivity index (χ3v) is 1.64. The Morgan fingerprint density at radius 2 is 1.67 bits per heavy atom. The van der Waals surface area contributed by atoms with Crippen LogP contribution in [0.5, 0.6) is 0 Å². The fourth-order valence-corrected chi connectivity index (χ4v) is 1.14. The molecule has 0 spiro atoms. The van der Waals surface area contributed by atoms with Gasteiger partial charge in [0.15, 0.2) is 0 Å². The minimum atomic E-state index is 0. The maximum atomic E-state index is 5.20. The summed E-state index contributed by atoms with van der Waals surface area (Å²) in [6, 6.07) is 0. The van der Waals surface area contributed by atoms with Crippen LogP contribution in [-0.4, -0.2) is 37.7 Å². The van der Waals surface area contributed by atoms with Gasteiger partial charge in [-0.15, -0.1) is 0 Å². The Hall–Kier alpha value is -0.0800. The van der Waals surface area contributed by atoms with Gasteiger partial charge in [0.1, 0.15) is 0 Å². The number of rotatable bonds is 2. The molecular formula is C10H25NO. The second kappa shape index (κ2) is 10.9. The molecule has 0 amide bonds. The number of ether oxygens (including phenoxy) is 1. The lowest BCUT2D eigenvalue weighted by molar-refractivity contribution is 0.0380. The van der Waals surface area contributed by atoms with Crippen molar-refractivity contribution in [3.05, 3.63) is 0 Å². The molecule has 2 nitrogen and oxygen atoms in total. The zero-order chi connectivity index (χ0) is 8.53. The van der Waals surface area contributed by atoms with Crippen molar-refractivity contribution >= 4 is 0 Å². The smallest absolute Gasteiger partial charge is 0.0594 e. The average molecular weight is 175 g/mol. The van der Waals surface area contributed by atoms with Crippen molar-refractivity contribution in [3.8, 4) is 0 Å². The Morgan fingerprint density at radius 1 is 1.17 bits per heavy atom. The molecule has 0 bridgehead atoms. The molecular weight excluding hydrogens is 150 g/mol. The topological polar surface area (TPSA) is 12.5 Å². The summed E-state index contributed by atoms with van der Waals surface area (Å²) < 4.78 is 5.20. The highest BCUT2D eigenvalue weighted by molar-refractivity contribution is 4.59. The van der Waals surface area contributed by atoms with Gasteiger partial charge >= 0.3 is 0 Å². The van der Waals surface area contributed by atoms with Crippen LogP contribution < -0.4 is 0 Å². The first-order valence-corrected chi connectivity index (χ1v) is 4.73. The van der Waals surface area contributed by atoms with Crippen molar-refractivity contribution in [1.82, 2.24) is 4.90 Å². The van der Waals surface area contributed by atoms with E-state index in [1.807, 2.05) is 13.8 Å². The monoisotopic (exact) mass is 175 g/mol. The summed E-state index contributed by atoms with van der Waals surface area (Å²) in [6.07, 6.45) is 1.26. The molecule has 0 N–H and O–H groups in total. The third kappa shape index (κ3) is 6.62. The van der Waals surface area contributed by atoms with Gasteiger partial charge in [-0.1, -0.05) is 28.2 Å². The molecule has 1 rings (SSSR count). The van der Waals surface area contributed by atoms with Crippen LogP contribution in [0.3, 0.4) is 0 Å². The Balaban J connectivity index is 0. The van der Waals surface area contributed by atoms with Gasteiger partial charge in [0.05, 0.1) is 13.2 Å². The first-order valence-electron chi connectivity index (χ1n) is 4.73. The van der Waals surface area contributed by atoms with Gasteiger partial charge in [0.2, 0.25) is 0 Å². The van der Waals surface area contributed by atoms with E-state index < -0.39 is 0 Å². The van der Waals surface area contributed by atoms with Crippen LogP contribution in [0.25, 0.3) is 0 Å². The van der Waals surface area contributed by atoms with E-state index in [0.717, 1.165) is 26.3 Å². The van der Waals surface area contributed by atoms with Crippen molar-refractivity contribution in [2.45, 2.75) is 34.6 Å². The third-order valence-electron chi connectivity index (χ3n) is 1.64. The van der Waals surface area contributed by atoms with Crippen molar-refractivity contribution in [2.75, 3.05) is 32.8 Å². The van der Waals surface area contributed by atoms with E-state index in [1.54, 1.807) is 0 Å². The van der Waals surface area contributed by atoms with Crippen LogP contribution in [0.2, 0.25) is 0 Å². The van der Waals surface area contributed by atoms with E-state index in [9.17, 15) is 0 Å². The summed E-state index contributed by atoms with van der Waals surface area (Å²) >= 11 is 0. The highest BCUT2D eigenvalue weighted by atomic mass is 16.5. The van der Waals surface area contributed by atoms with E-state index in [1.165, 1.54) is 13.0 Å². The lowest BCUT2D eigenvalue weighted by Crippen LogP contribution is -2.36. The molecule has 0 unspecified atom stereocenters. The van der Waals surface area contributed by atoms with Gasteiger partial charge in [-0.05, 0) is 13.0 Å². The summed E-state index contributed by atoms with van der Waals surface area (Å²) in [6.45, 7) is 11.6. The molecule has 0 aromatic rings. The molecule has 0 radical (unpaired) electrons. The van der Waals surface area contributed by atoms with E-state index >= 15 is 0 Å². The van der Waals surface area contributed by atoms with Crippen LogP contribution in [0.1, 0.15) is 34.6 Å². The van der Waals surface area contributed by atoms with Crippen LogP contribution in [-0.2, 0) is 4.74 Å². The zero-order valence-corrected chi connectivity index (χ0v) is 8.10. The molecule has 1 heterocycles. The molecule has 0 saturated carbocycles. The largest absolute Gasteiger partial charge is 0.379 e. The maximum absolute atomic E-state index is 5.20. The predicted molar refractivity (Wildman–Crippen MR) is 55.6 cm³/mol. The van der Waals surface area contributed by atoms with Gasteiger partial charge in [-0.2, -0.15) is 0 Å². The van der Waals surface area contributed by atoms with Gasteiger partial charge in [-0.25, -0.2) is 0 Å². The Labute approximate surface area is 77.9 Å². The first kappa shape index (κ1) is 14.4. The standard InChI is InChI=1S/C7H15NO.C2H6.CH4/c1-2-3-8-4-6-9-7-5-8;1-2;/h2-7H2,1H3;1-2H3;1H4. The van der Waals surface area contributed by atoms with Crippen LogP contribution in [0.4, 0.5) is 0 Å². The fourth-order valence-electron chi connectivity index (χ4n) is 1.14. The summed E-state index contributed by atoms with van der Waals surface area (Å²) in [5.41, 5.74) is 0. The molecule has 2 heteroatoms. The van der Waals surface area contributed by atoms with Crippen molar-refractivity contribution in [2.24, 2.45) is 0 Å². The number of nitrogens with zero attached hydrogens (tertiary/aromatic N) is 1. The summed E-state index contributed by atoms with van der Waals surface area (Å²) in [4.78, 5) is 2.45. The molecule has 76 valence electrons. The van der Waals surface area contributed by atoms with E-state index in [2.05, 4.69) is 11.8 Å². The second-order valence-corrected chi connectivity index (χ2v) is 2.45. The Bertz CT molecular complexity index is 67.5. The number of morpholine rings is 1. The van der Waals surface area contributed by atoms with Gasteiger partial charge in [0, 0.05) is 13.1 Å². The first-order chi connectivity index (χ1) is 5.43. The van der Waals surface area contributed by atoms with E-state index in [0.29, 0.717) is 0 Å². The minimum absolute atomic E-state index is 0. The molecule has 12 heavy (non-hydrogen) atoms. The summed E-state index contributed by atoms with van der Waals surface area (Å²) in [7, 11) is 0. The molecule has 1 aliphatic heterocycles. The lowest BCUT2D eigenvalue weighted by atomic mass is 10.4. The lowest BCUT2D eigenvalue weighted by Gasteiger charge is -2.25. The molecule has 0 aromatic heterocycles. The van der Waals surface area contributed by atoms with Crippen LogP contribution in [0, 0.1) is 0 Å². The molecule has 1 saturated heterocycles. The maximum Gasteiger partial charge on any atom is 0.0594 e. The average Bonchev–Trinajstić information content (AvgIpc) is 2.11. The van der Waals surface area contributed by atoms with Gasteiger partial charge in [0.25, 0.3) is 0 Å². The van der Waals surface area contributed by atoms with Crippen LogP contribution >= 0.6 is 0 Å². The molecule has 0 aliphatic carbocycles. The van der Waals surface area contributed by atoms with Crippen molar-refractivity contribution < 1.29 is 4.74 Å². The van der Waals surface area contributed by atoms with E-state index in [4.69, 9.17) is 4.74 Å². The molecule has 0 atom stereocenters. The highest BCUT2D eigenvalue weighted by Gasteiger charge is 2.07. The normalized spacial score (nSPS) is 17.2. The van der Waals surface area contributed by atoms with Crippen molar-refractivity contribution in [3.63, 3.8) is 0 Å². The second-order valence-electron chi connectivity index (χ2n) is 2.45. The minimum Gasteiger partial charge on any atom is -0.379 e. The van der Waals surface area contributed by atoms with E-state index in [-0.39, 0.29) is 7.43 Å². The number of hydrogen-bond donors (Lipinski definition) is 0. The van der Waals surface area contributed by atoms with Gasteiger partial charge < -0.3 is 4.74 Å². The Kier molecular flexibility index (Phi) is 13.1. The quantitative estimate of drug-likeness (QED) is 0.639.